The van der Waals surface area contributed by atoms with Crippen LogP contribution in [0.3, 0.4) is 0 Å². The molecule has 1 atom stereocenters. The normalized spacial score (nSPS) is 14.4. The third kappa shape index (κ3) is 7.54. The molecule has 1 aliphatic rings. The number of hydrogen-bond acceptors (Lipinski definition) is 6. The number of nitrogens with one attached hydrogen (secondary N) is 3. The SMILES string of the molecule is COCC(NC(=O)CCC(F)(F)F)c1ccnc(NC(=O)CNC(=O)c2ccnn2C2CC2)c1. The Hall–Kier alpha value is -3.48. The predicted octanol–water partition coefficient (Wildman–Crippen LogP) is 2.13. The molecule has 2 aromatic rings. The summed E-state index contributed by atoms with van der Waals surface area (Å²) < 4.78 is 43.8. The number of hydrogen-bond donors (Lipinski definition) is 3. The fourth-order valence-electron chi connectivity index (χ4n) is 3.18. The lowest BCUT2D eigenvalue weighted by Gasteiger charge is -2.19. The maximum atomic E-state index is 12.4. The first kappa shape index (κ1) is 25.1. The van der Waals surface area contributed by atoms with Gasteiger partial charge in [-0.15, -0.1) is 0 Å². The van der Waals surface area contributed by atoms with Crippen LogP contribution in [0.5, 0.6) is 0 Å². The Kier molecular flexibility index (Phi) is 8.21. The first-order valence-electron chi connectivity index (χ1n) is 10.6. The second kappa shape index (κ2) is 11.1. The van der Waals surface area contributed by atoms with Crippen LogP contribution >= 0.6 is 0 Å². The number of ether oxygens (including phenoxy) is 1. The maximum absolute atomic E-state index is 12.4. The highest BCUT2D eigenvalue weighted by Crippen LogP contribution is 2.35. The summed E-state index contributed by atoms with van der Waals surface area (Å²) in [5.41, 5.74) is 0.851. The van der Waals surface area contributed by atoms with Crippen molar-refractivity contribution in [1.29, 1.82) is 0 Å². The van der Waals surface area contributed by atoms with Crippen LogP contribution in [0.1, 0.15) is 53.8 Å². The molecule has 10 nitrogen and oxygen atoms in total. The topological polar surface area (TPSA) is 127 Å². The van der Waals surface area contributed by atoms with E-state index >= 15 is 0 Å². The van der Waals surface area contributed by atoms with E-state index in [1.807, 2.05) is 0 Å². The number of anilines is 1. The molecule has 3 amide bonds. The zero-order chi connectivity index (χ0) is 24.7. The van der Waals surface area contributed by atoms with Crippen molar-refractivity contribution in [3.05, 3.63) is 41.9 Å². The molecule has 13 heteroatoms. The van der Waals surface area contributed by atoms with Crippen LogP contribution in [0, 0.1) is 0 Å². The van der Waals surface area contributed by atoms with Crippen molar-refractivity contribution >= 4 is 23.5 Å². The van der Waals surface area contributed by atoms with E-state index in [-0.39, 0.29) is 25.0 Å². The van der Waals surface area contributed by atoms with Gasteiger partial charge in [-0.1, -0.05) is 0 Å². The lowest BCUT2D eigenvalue weighted by Crippen LogP contribution is -2.34. The Morgan fingerprint density at radius 2 is 1.97 bits per heavy atom. The molecular formula is C21H25F3N6O4. The molecule has 2 aromatic heterocycles. The molecule has 1 saturated carbocycles. The van der Waals surface area contributed by atoms with Crippen LogP contribution < -0.4 is 16.0 Å². The van der Waals surface area contributed by atoms with Crippen molar-refractivity contribution in [3.8, 4) is 0 Å². The van der Waals surface area contributed by atoms with Crippen LogP contribution in [-0.4, -0.2) is 58.9 Å². The van der Waals surface area contributed by atoms with Gasteiger partial charge in [0, 0.05) is 25.9 Å². The average molecular weight is 482 g/mol. The lowest BCUT2D eigenvalue weighted by molar-refractivity contribution is -0.144. The molecular weight excluding hydrogens is 457 g/mol. The minimum absolute atomic E-state index is 0.000107. The number of carbonyl (C=O) groups is 3. The zero-order valence-electron chi connectivity index (χ0n) is 18.4. The lowest BCUT2D eigenvalue weighted by atomic mass is 10.1. The number of aromatic nitrogens is 3. The molecule has 1 fully saturated rings. The monoisotopic (exact) mass is 482 g/mol. The van der Waals surface area contributed by atoms with Gasteiger partial charge in [0.2, 0.25) is 11.8 Å². The fraction of sp³-hybridized carbons (Fsp3) is 0.476. The van der Waals surface area contributed by atoms with Crippen molar-refractivity contribution in [2.75, 3.05) is 25.6 Å². The molecule has 1 aliphatic carbocycles. The fourth-order valence-corrected chi connectivity index (χ4v) is 3.18. The van der Waals surface area contributed by atoms with Gasteiger partial charge < -0.3 is 20.7 Å². The minimum atomic E-state index is -4.44. The summed E-state index contributed by atoms with van der Waals surface area (Å²) in [5, 5.41) is 11.7. The van der Waals surface area contributed by atoms with E-state index < -0.39 is 42.8 Å². The van der Waals surface area contributed by atoms with Crippen LogP contribution in [0.4, 0.5) is 19.0 Å². The molecule has 0 aliphatic heterocycles. The Morgan fingerprint density at radius 1 is 1.21 bits per heavy atom. The number of amides is 3. The molecule has 1 unspecified atom stereocenters. The van der Waals surface area contributed by atoms with Crippen molar-refractivity contribution in [1.82, 2.24) is 25.4 Å². The Balaban J connectivity index is 1.55. The van der Waals surface area contributed by atoms with Crippen LogP contribution in [0.25, 0.3) is 0 Å². The smallest absolute Gasteiger partial charge is 0.382 e. The van der Waals surface area contributed by atoms with E-state index in [2.05, 4.69) is 26.0 Å². The molecule has 2 heterocycles. The van der Waals surface area contributed by atoms with E-state index in [1.165, 1.54) is 25.6 Å². The Bertz CT molecular complexity index is 1020. The summed E-state index contributed by atoms with van der Waals surface area (Å²) in [5.74, 6) is -1.60. The Labute approximate surface area is 193 Å². The highest BCUT2D eigenvalue weighted by molar-refractivity contribution is 5.98. The van der Waals surface area contributed by atoms with Crippen LogP contribution in [-0.2, 0) is 14.3 Å². The molecule has 0 spiro atoms. The second-order valence-electron chi connectivity index (χ2n) is 7.79. The number of rotatable bonds is 11. The van der Waals surface area contributed by atoms with Gasteiger partial charge in [-0.3, -0.25) is 19.1 Å². The summed E-state index contributed by atoms with van der Waals surface area (Å²) in [6.45, 7) is -0.309. The van der Waals surface area contributed by atoms with Gasteiger partial charge in [-0.05, 0) is 36.6 Å². The van der Waals surface area contributed by atoms with E-state index in [0.717, 1.165) is 12.8 Å². The van der Waals surface area contributed by atoms with Crippen molar-refractivity contribution in [3.63, 3.8) is 0 Å². The summed E-state index contributed by atoms with van der Waals surface area (Å²) >= 11 is 0. The third-order valence-electron chi connectivity index (χ3n) is 4.96. The van der Waals surface area contributed by atoms with E-state index in [4.69, 9.17) is 4.74 Å². The summed E-state index contributed by atoms with van der Waals surface area (Å²) in [7, 11) is 1.39. The molecule has 34 heavy (non-hydrogen) atoms. The number of halogens is 3. The average Bonchev–Trinajstić information content (AvgIpc) is 3.51. The molecule has 0 bridgehead atoms. The maximum Gasteiger partial charge on any atom is 0.389 e. The number of pyridine rings is 1. The van der Waals surface area contributed by atoms with Gasteiger partial charge in [0.05, 0.1) is 31.7 Å². The van der Waals surface area contributed by atoms with Gasteiger partial charge >= 0.3 is 6.18 Å². The van der Waals surface area contributed by atoms with Gasteiger partial charge in [-0.25, -0.2) is 4.98 Å². The minimum Gasteiger partial charge on any atom is -0.382 e. The third-order valence-corrected chi connectivity index (χ3v) is 4.96. The van der Waals surface area contributed by atoms with Crippen LogP contribution in [0.2, 0.25) is 0 Å². The number of carbonyl (C=O) groups excluding carboxylic acids is 3. The first-order chi connectivity index (χ1) is 16.2. The summed E-state index contributed by atoms with van der Waals surface area (Å²) in [6, 6.07) is 4.06. The summed E-state index contributed by atoms with van der Waals surface area (Å²) in [6.07, 6.45) is -1.56. The van der Waals surface area contributed by atoms with E-state index in [9.17, 15) is 27.6 Å². The molecule has 0 aromatic carbocycles. The van der Waals surface area contributed by atoms with Gasteiger partial charge in [0.15, 0.2) is 0 Å². The van der Waals surface area contributed by atoms with Gasteiger partial charge in [0.1, 0.15) is 11.5 Å². The standard InChI is InChI=1S/C21H25F3N6O4/c1-34-12-15(28-18(31)4-7-21(22,23)24)13-5-8-25-17(10-13)29-19(32)11-26-20(33)16-6-9-27-30(16)14-2-3-14/h5-6,8-10,14-15H,2-4,7,11-12H2,1H3,(H,26,33)(H,28,31)(H,25,29,32). The Morgan fingerprint density at radius 3 is 2.65 bits per heavy atom. The molecule has 0 radical (unpaired) electrons. The van der Waals surface area contributed by atoms with Gasteiger partial charge in [0.25, 0.3) is 5.91 Å². The number of nitrogens with zero attached hydrogens (tertiary/aromatic N) is 3. The molecule has 184 valence electrons. The highest BCUT2D eigenvalue weighted by atomic mass is 19.4. The van der Waals surface area contributed by atoms with E-state index in [1.54, 1.807) is 16.8 Å². The van der Waals surface area contributed by atoms with E-state index in [0.29, 0.717) is 11.3 Å². The van der Waals surface area contributed by atoms with Crippen molar-refractivity contribution in [2.45, 2.75) is 43.9 Å². The number of methoxy groups -OCH3 is 1. The second-order valence-corrected chi connectivity index (χ2v) is 7.79. The summed E-state index contributed by atoms with van der Waals surface area (Å²) in [4.78, 5) is 40.6. The largest absolute Gasteiger partial charge is 0.389 e. The quantitative estimate of drug-likeness (QED) is 0.450. The predicted molar refractivity (Wildman–Crippen MR) is 114 cm³/mol. The van der Waals surface area contributed by atoms with Crippen molar-refractivity contribution < 1.29 is 32.3 Å². The molecule has 3 rings (SSSR count). The molecule has 0 saturated heterocycles. The highest BCUT2D eigenvalue weighted by Gasteiger charge is 2.29. The van der Waals surface area contributed by atoms with Crippen molar-refractivity contribution in [2.24, 2.45) is 0 Å². The van der Waals surface area contributed by atoms with Gasteiger partial charge in [-0.2, -0.15) is 18.3 Å². The molecule has 3 N–H and O–H groups in total. The first-order valence-corrected chi connectivity index (χ1v) is 10.6. The van der Waals surface area contributed by atoms with Crippen LogP contribution in [0.15, 0.2) is 30.6 Å². The zero-order valence-corrected chi connectivity index (χ0v) is 18.4. The number of alkyl halides is 3.